The highest BCUT2D eigenvalue weighted by Gasteiger charge is 2.27. The van der Waals surface area contributed by atoms with Crippen molar-refractivity contribution >= 4 is 5.97 Å². The van der Waals surface area contributed by atoms with E-state index in [0.717, 1.165) is 10.9 Å². The van der Waals surface area contributed by atoms with Crippen LogP contribution >= 0.6 is 0 Å². The molecule has 0 aromatic carbocycles. The second kappa shape index (κ2) is 3.92. The molecule has 4 nitrogen and oxygen atoms in total. The number of aryl methyl sites for hydroxylation is 2. The highest BCUT2D eigenvalue weighted by Crippen LogP contribution is 2.20. The molecule has 0 fully saturated rings. The quantitative estimate of drug-likeness (QED) is 0.848. The molecule has 0 aliphatic heterocycles. The van der Waals surface area contributed by atoms with Gasteiger partial charge in [-0.1, -0.05) is 0 Å². The van der Waals surface area contributed by atoms with E-state index in [0.29, 0.717) is 0 Å². The van der Waals surface area contributed by atoms with Gasteiger partial charge in [0.25, 0.3) is 0 Å². The number of alkyl halides is 3. The molecule has 1 rings (SSSR count). The summed E-state index contributed by atoms with van der Waals surface area (Å²) in [5.41, 5.74) is 0.141. The Morgan fingerprint density at radius 3 is 2.60 bits per heavy atom. The number of aromatic carboxylic acids is 1. The van der Waals surface area contributed by atoms with Crippen LogP contribution in [0.3, 0.4) is 0 Å². The lowest BCUT2D eigenvalue weighted by Gasteiger charge is -2.05. The lowest BCUT2D eigenvalue weighted by molar-refractivity contribution is -0.137. The zero-order valence-electron chi connectivity index (χ0n) is 7.88. The molecule has 1 aromatic rings. The van der Waals surface area contributed by atoms with E-state index in [1.54, 1.807) is 0 Å². The van der Waals surface area contributed by atoms with Gasteiger partial charge < -0.3 is 5.11 Å². The Bertz CT molecular complexity index is 370. The average Bonchev–Trinajstić information content (AvgIpc) is 2.42. The van der Waals surface area contributed by atoms with E-state index >= 15 is 0 Å². The maximum atomic E-state index is 11.8. The zero-order chi connectivity index (χ0) is 11.6. The van der Waals surface area contributed by atoms with Crippen molar-refractivity contribution in [1.29, 1.82) is 0 Å². The first-order valence-electron chi connectivity index (χ1n) is 4.13. The highest BCUT2D eigenvalue weighted by atomic mass is 19.4. The number of rotatable bonds is 3. The van der Waals surface area contributed by atoms with Gasteiger partial charge in [0.1, 0.15) is 5.56 Å². The summed E-state index contributed by atoms with van der Waals surface area (Å²) in [5, 5.41) is 12.3. The fourth-order valence-electron chi connectivity index (χ4n) is 1.08. The summed E-state index contributed by atoms with van der Waals surface area (Å²) in [5.74, 6) is -1.19. The Balaban J connectivity index is 2.72. The van der Waals surface area contributed by atoms with Gasteiger partial charge in [-0.15, -0.1) is 0 Å². The molecule has 0 amide bonds. The number of carboxylic acids is 1. The zero-order valence-corrected chi connectivity index (χ0v) is 7.88. The molecule has 0 aliphatic rings. The summed E-state index contributed by atoms with van der Waals surface area (Å²) < 4.78 is 36.5. The molecule has 84 valence electrons. The molecule has 1 N–H and O–H groups in total. The van der Waals surface area contributed by atoms with Crippen LogP contribution in [-0.4, -0.2) is 27.0 Å². The number of carboxylic acid groups (broad SMARTS) is 1. The minimum absolute atomic E-state index is 0.0721. The van der Waals surface area contributed by atoms with Gasteiger partial charge in [0, 0.05) is 12.7 Å². The predicted octanol–water partition coefficient (Wildman–Crippen LogP) is 1.84. The van der Waals surface area contributed by atoms with Crippen LogP contribution in [-0.2, 0) is 6.54 Å². The van der Waals surface area contributed by atoms with Gasteiger partial charge in [-0.05, 0) is 6.92 Å². The van der Waals surface area contributed by atoms with Crippen LogP contribution in [0.25, 0.3) is 0 Å². The number of halogens is 3. The van der Waals surface area contributed by atoms with Crippen molar-refractivity contribution in [3.05, 3.63) is 17.5 Å². The highest BCUT2D eigenvalue weighted by molar-refractivity contribution is 5.88. The van der Waals surface area contributed by atoms with E-state index in [2.05, 4.69) is 5.10 Å². The maximum Gasteiger partial charge on any atom is 0.390 e. The Kier molecular flexibility index (Phi) is 3.01. The van der Waals surface area contributed by atoms with Crippen LogP contribution in [0.4, 0.5) is 13.2 Å². The van der Waals surface area contributed by atoms with Crippen molar-refractivity contribution < 1.29 is 23.1 Å². The molecule has 7 heteroatoms. The van der Waals surface area contributed by atoms with Crippen molar-refractivity contribution in [2.75, 3.05) is 0 Å². The summed E-state index contributed by atoms with van der Waals surface area (Å²) in [6.45, 7) is 1.07. The standard InChI is InChI=1S/C8H9F3N2O2/c1-5-6(7(14)15)4-13(12-5)3-2-8(9,10)11/h4H,2-3H2,1H3,(H,14,15). The Morgan fingerprint density at radius 1 is 1.60 bits per heavy atom. The van der Waals surface area contributed by atoms with Crippen molar-refractivity contribution in [3.8, 4) is 0 Å². The van der Waals surface area contributed by atoms with E-state index < -0.39 is 18.6 Å². The van der Waals surface area contributed by atoms with E-state index in [-0.39, 0.29) is 17.8 Å². The normalized spacial score (nSPS) is 11.7. The summed E-state index contributed by atoms with van der Waals surface area (Å²) in [6.07, 6.45) is -4.18. The number of nitrogens with zero attached hydrogens (tertiary/aromatic N) is 2. The third-order valence-corrected chi connectivity index (χ3v) is 1.80. The van der Waals surface area contributed by atoms with Gasteiger partial charge in [0.15, 0.2) is 0 Å². The molecule has 0 aliphatic carbocycles. The van der Waals surface area contributed by atoms with E-state index in [9.17, 15) is 18.0 Å². The largest absolute Gasteiger partial charge is 0.478 e. The van der Waals surface area contributed by atoms with Crippen LogP contribution in [0.5, 0.6) is 0 Å². The summed E-state index contributed by atoms with van der Waals surface area (Å²) >= 11 is 0. The number of aromatic nitrogens is 2. The molecule has 0 radical (unpaired) electrons. The molecule has 0 spiro atoms. The summed E-state index contributed by atoms with van der Waals surface area (Å²) in [6, 6.07) is 0. The van der Waals surface area contributed by atoms with Gasteiger partial charge in [0.05, 0.1) is 12.1 Å². The second-order valence-corrected chi connectivity index (χ2v) is 3.06. The molecule has 0 bridgehead atoms. The predicted molar refractivity (Wildman–Crippen MR) is 44.6 cm³/mol. The number of carbonyl (C=O) groups is 1. The van der Waals surface area contributed by atoms with Gasteiger partial charge in [0.2, 0.25) is 0 Å². The van der Waals surface area contributed by atoms with Crippen LogP contribution < -0.4 is 0 Å². The van der Waals surface area contributed by atoms with Crippen molar-refractivity contribution in [2.45, 2.75) is 26.1 Å². The van der Waals surface area contributed by atoms with Crippen LogP contribution in [0.15, 0.2) is 6.20 Å². The van der Waals surface area contributed by atoms with Crippen molar-refractivity contribution in [1.82, 2.24) is 9.78 Å². The topological polar surface area (TPSA) is 55.1 Å². The lowest BCUT2D eigenvalue weighted by atomic mass is 10.3. The third-order valence-electron chi connectivity index (χ3n) is 1.80. The fraction of sp³-hybridized carbons (Fsp3) is 0.500. The van der Waals surface area contributed by atoms with Crippen molar-refractivity contribution in [3.63, 3.8) is 0 Å². The van der Waals surface area contributed by atoms with Gasteiger partial charge >= 0.3 is 12.1 Å². The van der Waals surface area contributed by atoms with Gasteiger partial charge in [-0.3, -0.25) is 4.68 Å². The number of hydrogen-bond donors (Lipinski definition) is 1. The first-order valence-corrected chi connectivity index (χ1v) is 4.13. The molecule has 0 unspecified atom stereocenters. The van der Waals surface area contributed by atoms with Crippen LogP contribution in [0, 0.1) is 6.92 Å². The third kappa shape index (κ3) is 3.26. The summed E-state index contributed by atoms with van der Waals surface area (Å²) in [4.78, 5) is 10.6. The van der Waals surface area contributed by atoms with E-state index in [4.69, 9.17) is 5.11 Å². The second-order valence-electron chi connectivity index (χ2n) is 3.06. The molecule has 1 aromatic heterocycles. The minimum Gasteiger partial charge on any atom is -0.478 e. The fourth-order valence-corrected chi connectivity index (χ4v) is 1.08. The monoisotopic (exact) mass is 222 g/mol. The van der Waals surface area contributed by atoms with Gasteiger partial charge in [-0.25, -0.2) is 4.79 Å². The molecule has 1 heterocycles. The Morgan fingerprint density at radius 2 is 2.20 bits per heavy atom. The average molecular weight is 222 g/mol. The first-order chi connectivity index (χ1) is 6.79. The molecule has 0 saturated heterocycles. The molecule has 0 saturated carbocycles. The maximum absolute atomic E-state index is 11.8. The Labute approximate surface area is 83.3 Å². The lowest BCUT2D eigenvalue weighted by Crippen LogP contribution is -2.12. The SMILES string of the molecule is Cc1nn(CCC(F)(F)F)cc1C(=O)O. The smallest absolute Gasteiger partial charge is 0.390 e. The molecular weight excluding hydrogens is 213 g/mol. The number of hydrogen-bond acceptors (Lipinski definition) is 2. The minimum atomic E-state index is -4.26. The molecule has 0 atom stereocenters. The Hall–Kier alpha value is -1.53. The van der Waals surface area contributed by atoms with Gasteiger partial charge in [-0.2, -0.15) is 18.3 Å². The van der Waals surface area contributed by atoms with E-state index in [1.165, 1.54) is 6.92 Å². The summed E-state index contributed by atoms with van der Waals surface area (Å²) in [7, 11) is 0. The first kappa shape index (κ1) is 11.5. The van der Waals surface area contributed by atoms with E-state index in [1.807, 2.05) is 0 Å². The molecular formula is C8H9F3N2O2. The molecule has 15 heavy (non-hydrogen) atoms. The van der Waals surface area contributed by atoms with Crippen molar-refractivity contribution in [2.24, 2.45) is 0 Å². The van der Waals surface area contributed by atoms with Crippen LogP contribution in [0.1, 0.15) is 22.5 Å². The van der Waals surface area contributed by atoms with Crippen LogP contribution in [0.2, 0.25) is 0 Å².